The van der Waals surface area contributed by atoms with Gasteiger partial charge >= 0.3 is 5.97 Å². The van der Waals surface area contributed by atoms with E-state index in [-0.39, 0.29) is 18.1 Å². The summed E-state index contributed by atoms with van der Waals surface area (Å²) in [6, 6.07) is 7.37. The van der Waals surface area contributed by atoms with Crippen LogP contribution in [0.1, 0.15) is 19.4 Å². The molecule has 22 heavy (non-hydrogen) atoms. The number of rotatable bonds is 8. The summed E-state index contributed by atoms with van der Waals surface area (Å²) < 4.78 is 0. The van der Waals surface area contributed by atoms with E-state index in [1.54, 1.807) is 17.9 Å². The summed E-state index contributed by atoms with van der Waals surface area (Å²) in [7, 11) is 0. The lowest BCUT2D eigenvalue weighted by Gasteiger charge is -2.20. The van der Waals surface area contributed by atoms with Crippen LogP contribution >= 0.6 is 0 Å². The topological polar surface area (TPSA) is 89.9 Å². The molecule has 6 nitrogen and oxygen atoms in total. The van der Waals surface area contributed by atoms with Crippen LogP contribution in [-0.4, -0.2) is 53.2 Å². The fraction of sp³-hybridized carbons (Fsp3) is 0.375. The van der Waals surface area contributed by atoms with Gasteiger partial charge in [0.25, 0.3) is 0 Å². The first-order valence-corrected chi connectivity index (χ1v) is 7.06. The lowest BCUT2D eigenvalue weighted by atomic mass is 10.1. The minimum Gasteiger partial charge on any atom is -0.478 e. The molecule has 6 heteroatoms. The van der Waals surface area contributed by atoms with Crippen molar-refractivity contribution in [3.8, 4) is 0 Å². The molecule has 0 radical (unpaired) electrons. The van der Waals surface area contributed by atoms with Crippen molar-refractivity contribution in [1.29, 1.82) is 0 Å². The van der Waals surface area contributed by atoms with Gasteiger partial charge in [-0.3, -0.25) is 4.79 Å². The number of hydrogen-bond acceptors (Lipinski definition) is 4. The molecule has 1 amide bonds. The Hall–Kier alpha value is -2.34. The fourth-order valence-corrected chi connectivity index (χ4v) is 1.93. The van der Waals surface area contributed by atoms with Crippen molar-refractivity contribution < 1.29 is 19.8 Å². The van der Waals surface area contributed by atoms with E-state index >= 15 is 0 Å². The molecule has 3 N–H and O–H groups in total. The van der Waals surface area contributed by atoms with Crippen LogP contribution in [0.5, 0.6) is 0 Å². The lowest BCUT2D eigenvalue weighted by Crippen LogP contribution is -2.35. The minimum atomic E-state index is -0.945. The zero-order valence-corrected chi connectivity index (χ0v) is 12.9. The third-order valence-corrected chi connectivity index (χ3v) is 3.13. The number of amides is 1. The van der Waals surface area contributed by atoms with Crippen molar-refractivity contribution in [1.82, 2.24) is 4.90 Å². The summed E-state index contributed by atoms with van der Waals surface area (Å²) >= 11 is 0. The lowest BCUT2D eigenvalue weighted by molar-refractivity contribution is -0.132. The van der Waals surface area contributed by atoms with Crippen molar-refractivity contribution in [3.05, 3.63) is 35.4 Å². The number of carbonyl (C=O) groups is 2. The summed E-state index contributed by atoms with van der Waals surface area (Å²) in [5.74, 6) is -1.02. The Morgan fingerprint density at radius 3 is 2.59 bits per heavy atom. The highest BCUT2D eigenvalue weighted by Gasteiger charge is 2.07. The van der Waals surface area contributed by atoms with Crippen LogP contribution in [0.3, 0.4) is 0 Å². The number of aliphatic hydroxyl groups excluding tert-OH is 1. The molecule has 0 heterocycles. The molecule has 0 bridgehead atoms. The van der Waals surface area contributed by atoms with Crippen LogP contribution in [-0.2, 0) is 9.59 Å². The highest BCUT2D eigenvalue weighted by atomic mass is 16.4. The van der Waals surface area contributed by atoms with E-state index in [1.807, 2.05) is 24.3 Å². The zero-order valence-electron chi connectivity index (χ0n) is 12.9. The molecule has 0 fully saturated rings. The average molecular weight is 306 g/mol. The third-order valence-electron chi connectivity index (χ3n) is 3.13. The van der Waals surface area contributed by atoms with Crippen molar-refractivity contribution >= 4 is 23.6 Å². The van der Waals surface area contributed by atoms with Gasteiger partial charge in [0.2, 0.25) is 5.91 Å². The van der Waals surface area contributed by atoms with Crippen LogP contribution in [0.25, 0.3) is 6.08 Å². The largest absolute Gasteiger partial charge is 0.478 e. The molecule has 0 aliphatic heterocycles. The van der Waals surface area contributed by atoms with Gasteiger partial charge in [0.05, 0.1) is 6.61 Å². The summed E-state index contributed by atoms with van der Waals surface area (Å²) in [6.45, 7) is 4.30. The van der Waals surface area contributed by atoms with Crippen LogP contribution in [0.2, 0.25) is 0 Å². The second kappa shape index (κ2) is 8.84. The van der Waals surface area contributed by atoms with Gasteiger partial charge in [-0.1, -0.05) is 12.1 Å². The van der Waals surface area contributed by atoms with Gasteiger partial charge in [-0.05, 0) is 30.7 Å². The average Bonchev–Trinajstić information content (AvgIpc) is 2.46. The third kappa shape index (κ3) is 5.97. The van der Waals surface area contributed by atoms with Crippen LogP contribution in [0.4, 0.5) is 5.69 Å². The molecular formula is C16H22N2O4. The molecule has 1 aromatic carbocycles. The normalized spacial score (nSPS) is 11.1. The van der Waals surface area contributed by atoms with Crippen LogP contribution in [0.15, 0.2) is 29.8 Å². The smallest absolute Gasteiger partial charge is 0.331 e. The Balaban J connectivity index is 2.62. The van der Waals surface area contributed by atoms with Crippen LogP contribution < -0.4 is 5.32 Å². The summed E-state index contributed by atoms with van der Waals surface area (Å²) in [5, 5.41) is 21.0. The summed E-state index contributed by atoms with van der Waals surface area (Å²) in [6.07, 6.45) is 1.60. The van der Waals surface area contributed by atoms with Crippen molar-refractivity contribution in [2.45, 2.75) is 13.8 Å². The maximum Gasteiger partial charge on any atom is 0.331 e. The number of nitrogens with one attached hydrogen (secondary N) is 1. The Morgan fingerprint density at radius 1 is 1.27 bits per heavy atom. The molecule has 1 aromatic rings. The Kier molecular flexibility index (Phi) is 7.12. The molecule has 0 atom stereocenters. The van der Waals surface area contributed by atoms with Gasteiger partial charge in [0, 0.05) is 37.8 Å². The number of hydrogen-bond donors (Lipinski definition) is 3. The number of nitrogens with zero attached hydrogens (tertiary/aromatic N) is 1. The SMILES string of the molecule is CC(=O)N(CCO)CCNc1cccc(/C=C(\C)C(=O)O)c1. The zero-order chi connectivity index (χ0) is 16.5. The number of carboxylic acids is 1. The first-order valence-electron chi connectivity index (χ1n) is 7.06. The quantitative estimate of drug-likeness (QED) is 0.632. The molecule has 0 saturated heterocycles. The molecule has 0 aromatic heterocycles. The number of carbonyl (C=O) groups excluding carboxylic acids is 1. The molecule has 120 valence electrons. The van der Waals surface area contributed by atoms with E-state index in [2.05, 4.69) is 5.32 Å². The van der Waals surface area contributed by atoms with Gasteiger partial charge in [0.1, 0.15) is 0 Å². The molecule has 0 spiro atoms. The van der Waals surface area contributed by atoms with Gasteiger partial charge in [-0.2, -0.15) is 0 Å². The van der Waals surface area contributed by atoms with E-state index in [0.717, 1.165) is 11.3 Å². The molecule has 1 rings (SSSR count). The van der Waals surface area contributed by atoms with E-state index in [0.29, 0.717) is 19.6 Å². The van der Waals surface area contributed by atoms with E-state index in [9.17, 15) is 9.59 Å². The number of benzene rings is 1. The molecular weight excluding hydrogens is 284 g/mol. The van der Waals surface area contributed by atoms with Crippen LogP contribution in [0, 0.1) is 0 Å². The molecule has 0 saturated carbocycles. The first kappa shape index (κ1) is 17.7. The second-order valence-electron chi connectivity index (χ2n) is 4.91. The second-order valence-corrected chi connectivity index (χ2v) is 4.91. The van der Waals surface area contributed by atoms with E-state index in [4.69, 9.17) is 10.2 Å². The predicted octanol–water partition coefficient (Wildman–Crippen LogP) is 1.43. The molecule has 0 aliphatic carbocycles. The van der Waals surface area contributed by atoms with E-state index in [1.165, 1.54) is 6.92 Å². The molecule has 0 aliphatic rings. The van der Waals surface area contributed by atoms with Gasteiger partial charge in [-0.15, -0.1) is 0 Å². The van der Waals surface area contributed by atoms with Crippen molar-refractivity contribution in [3.63, 3.8) is 0 Å². The Morgan fingerprint density at radius 2 is 2.00 bits per heavy atom. The molecule has 0 unspecified atom stereocenters. The Labute approximate surface area is 130 Å². The van der Waals surface area contributed by atoms with Gasteiger partial charge in [-0.25, -0.2) is 4.79 Å². The number of aliphatic hydroxyl groups is 1. The predicted molar refractivity (Wildman–Crippen MR) is 85.6 cm³/mol. The van der Waals surface area contributed by atoms with Gasteiger partial charge in [0.15, 0.2) is 0 Å². The first-order chi connectivity index (χ1) is 10.4. The van der Waals surface area contributed by atoms with Crippen molar-refractivity contribution in [2.24, 2.45) is 0 Å². The fourth-order valence-electron chi connectivity index (χ4n) is 1.93. The standard InChI is InChI=1S/C16H22N2O4/c1-12(16(21)22)10-14-4-3-5-15(11-14)17-6-7-18(8-9-19)13(2)20/h3-5,10-11,17,19H,6-9H2,1-2H3,(H,21,22)/b12-10+. The number of carboxylic acid groups (broad SMARTS) is 1. The maximum absolute atomic E-state index is 11.3. The number of aliphatic carboxylic acids is 1. The maximum atomic E-state index is 11.3. The van der Waals surface area contributed by atoms with E-state index < -0.39 is 5.97 Å². The highest BCUT2D eigenvalue weighted by Crippen LogP contribution is 2.13. The summed E-state index contributed by atoms with van der Waals surface area (Å²) in [5.41, 5.74) is 1.91. The highest BCUT2D eigenvalue weighted by molar-refractivity contribution is 5.91. The Bertz CT molecular complexity index is 555. The summed E-state index contributed by atoms with van der Waals surface area (Å²) in [4.78, 5) is 23.7. The monoisotopic (exact) mass is 306 g/mol. The van der Waals surface area contributed by atoms with Gasteiger partial charge < -0.3 is 20.4 Å². The van der Waals surface area contributed by atoms with Crippen molar-refractivity contribution in [2.75, 3.05) is 31.6 Å². The number of anilines is 1. The minimum absolute atomic E-state index is 0.0612.